The lowest BCUT2D eigenvalue weighted by Gasteiger charge is -2.14. The van der Waals surface area contributed by atoms with Gasteiger partial charge in [0.15, 0.2) is 0 Å². The van der Waals surface area contributed by atoms with Crippen molar-refractivity contribution in [2.75, 3.05) is 7.11 Å². The molecule has 0 amide bonds. The van der Waals surface area contributed by atoms with Crippen LogP contribution in [0.5, 0.6) is 0 Å². The van der Waals surface area contributed by atoms with Crippen molar-refractivity contribution >= 4 is 37.8 Å². The van der Waals surface area contributed by atoms with Crippen LogP contribution in [0, 0.1) is 0 Å². The van der Waals surface area contributed by atoms with Gasteiger partial charge in [-0.3, -0.25) is 4.79 Å². The lowest BCUT2D eigenvalue weighted by atomic mass is 10.1. The highest BCUT2D eigenvalue weighted by atomic mass is 79.9. The van der Waals surface area contributed by atoms with E-state index in [1.807, 2.05) is 0 Å². The molecule has 84 valence electrons. The van der Waals surface area contributed by atoms with Crippen LogP contribution in [0.2, 0.25) is 0 Å². The molecule has 0 fully saturated rings. The van der Waals surface area contributed by atoms with E-state index in [-0.39, 0.29) is 15.6 Å². The van der Waals surface area contributed by atoms with Gasteiger partial charge in [-0.2, -0.15) is 0 Å². The van der Waals surface area contributed by atoms with Crippen LogP contribution in [0.25, 0.3) is 0 Å². The van der Waals surface area contributed by atoms with Gasteiger partial charge in [0.1, 0.15) is 4.83 Å². The van der Waals surface area contributed by atoms with E-state index in [1.165, 1.54) is 26.4 Å². The average molecular weight is 330 g/mol. The van der Waals surface area contributed by atoms with Crippen LogP contribution in [0.15, 0.2) is 0 Å². The van der Waals surface area contributed by atoms with Crippen molar-refractivity contribution in [1.29, 1.82) is 0 Å². The Morgan fingerprint density at radius 2 is 1.93 bits per heavy atom. The molecule has 2 atom stereocenters. The number of unbranched alkanes of at least 4 members (excludes halogenated alkanes) is 3. The lowest BCUT2D eigenvalue weighted by Crippen LogP contribution is -2.25. The van der Waals surface area contributed by atoms with Gasteiger partial charge in [-0.1, -0.05) is 64.5 Å². The van der Waals surface area contributed by atoms with Gasteiger partial charge in [0.05, 0.1) is 7.11 Å². The van der Waals surface area contributed by atoms with Gasteiger partial charge in [-0.05, 0) is 6.42 Å². The maximum absolute atomic E-state index is 11.1. The highest BCUT2D eigenvalue weighted by Crippen LogP contribution is 2.21. The number of ether oxygens (including phenoxy) is 1. The fourth-order valence-corrected chi connectivity index (χ4v) is 2.16. The average Bonchev–Trinajstić information content (AvgIpc) is 2.21. The van der Waals surface area contributed by atoms with Crippen molar-refractivity contribution in [2.45, 2.75) is 48.7 Å². The van der Waals surface area contributed by atoms with Crippen molar-refractivity contribution in [1.82, 2.24) is 0 Å². The maximum atomic E-state index is 11.1. The molecule has 0 saturated carbocycles. The van der Waals surface area contributed by atoms with Crippen LogP contribution in [-0.4, -0.2) is 22.7 Å². The van der Waals surface area contributed by atoms with Crippen LogP contribution in [0.1, 0.15) is 39.0 Å². The number of rotatable bonds is 7. The van der Waals surface area contributed by atoms with Crippen LogP contribution in [-0.2, 0) is 9.53 Å². The smallest absolute Gasteiger partial charge is 0.320 e. The van der Waals surface area contributed by atoms with E-state index in [1.54, 1.807) is 0 Å². The SMILES string of the molecule is CCCCCCC(Br)C(Br)C(=O)OC. The summed E-state index contributed by atoms with van der Waals surface area (Å²) in [6.07, 6.45) is 5.90. The van der Waals surface area contributed by atoms with Gasteiger partial charge < -0.3 is 4.74 Å². The van der Waals surface area contributed by atoms with Gasteiger partial charge in [-0.15, -0.1) is 0 Å². The molecule has 0 bridgehead atoms. The molecule has 0 aliphatic carbocycles. The largest absolute Gasteiger partial charge is 0.468 e. The Morgan fingerprint density at radius 1 is 1.29 bits per heavy atom. The van der Waals surface area contributed by atoms with Crippen LogP contribution >= 0.6 is 31.9 Å². The van der Waals surface area contributed by atoms with Crippen LogP contribution in [0.3, 0.4) is 0 Å². The third-order valence-electron chi connectivity index (χ3n) is 2.08. The summed E-state index contributed by atoms with van der Waals surface area (Å²) in [5, 5.41) is 0. The Balaban J connectivity index is 3.61. The number of alkyl halides is 2. The first-order chi connectivity index (χ1) is 6.63. The number of methoxy groups -OCH3 is 1. The third kappa shape index (κ3) is 6.02. The second-order valence-corrected chi connectivity index (χ2v) is 5.45. The summed E-state index contributed by atoms with van der Waals surface area (Å²) < 4.78 is 4.64. The second-order valence-electron chi connectivity index (χ2n) is 3.29. The summed E-state index contributed by atoms with van der Waals surface area (Å²) in [6, 6.07) is 0. The zero-order valence-corrected chi connectivity index (χ0v) is 11.9. The first-order valence-electron chi connectivity index (χ1n) is 4.99. The monoisotopic (exact) mass is 328 g/mol. The predicted molar refractivity (Wildman–Crippen MR) is 66.2 cm³/mol. The fourth-order valence-electron chi connectivity index (χ4n) is 1.17. The van der Waals surface area contributed by atoms with E-state index < -0.39 is 0 Å². The van der Waals surface area contributed by atoms with E-state index in [2.05, 4.69) is 43.5 Å². The summed E-state index contributed by atoms with van der Waals surface area (Å²) in [7, 11) is 1.41. The molecule has 2 unspecified atom stereocenters. The fraction of sp³-hybridized carbons (Fsp3) is 0.900. The minimum Gasteiger partial charge on any atom is -0.468 e. The number of hydrogen-bond donors (Lipinski definition) is 0. The highest BCUT2D eigenvalue weighted by Gasteiger charge is 2.23. The Bertz CT molecular complexity index is 162. The molecular weight excluding hydrogens is 312 g/mol. The molecule has 4 heteroatoms. The summed E-state index contributed by atoms with van der Waals surface area (Å²) in [5.41, 5.74) is 0. The van der Waals surface area contributed by atoms with Gasteiger partial charge in [0, 0.05) is 4.83 Å². The number of carbonyl (C=O) groups is 1. The van der Waals surface area contributed by atoms with Crippen LogP contribution < -0.4 is 0 Å². The van der Waals surface area contributed by atoms with Gasteiger partial charge >= 0.3 is 5.97 Å². The standard InChI is InChI=1S/C10H18Br2O2/c1-3-4-5-6-7-8(11)9(12)10(13)14-2/h8-9H,3-7H2,1-2H3. The lowest BCUT2D eigenvalue weighted by molar-refractivity contribution is -0.139. The minimum atomic E-state index is -0.228. The molecule has 0 saturated heterocycles. The number of carbonyl (C=O) groups excluding carboxylic acids is 1. The number of esters is 1. The molecule has 2 nitrogen and oxygen atoms in total. The Kier molecular flexibility index (Phi) is 8.98. The molecule has 0 N–H and O–H groups in total. The molecule has 0 aliphatic heterocycles. The number of halogens is 2. The summed E-state index contributed by atoms with van der Waals surface area (Å²) >= 11 is 6.81. The van der Waals surface area contributed by atoms with Gasteiger partial charge in [0.2, 0.25) is 0 Å². The topological polar surface area (TPSA) is 26.3 Å². The second kappa shape index (κ2) is 8.72. The maximum Gasteiger partial charge on any atom is 0.320 e. The first-order valence-corrected chi connectivity index (χ1v) is 6.82. The molecule has 0 radical (unpaired) electrons. The molecule has 0 aromatic carbocycles. The van der Waals surface area contributed by atoms with E-state index in [0.29, 0.717) is 0 Å². The normalized spacial score (nSPS) is 14.9. The molecule has 14 heavy (non-hydrogen) atoms. The summed E-state index contributed by atoms with van der Waals surface area (Å²) in [4.78, 5) is 11.1. The molecular formula is C10H18Br2O2. The zero-order chi connectivity index (χ0) is 11.0. The van der Waals surface area contributed by atoms with Gasteiger partial charge in [-0.25, -0.2) is 0 Å². The van der Waals surface area contributed by atoms with Crippen molar-refractivity contribution in [2.24, 2.45) is 0 Å². The van der Waals surface area contributed by atoms with Crippen molar-refractivity contribution in [3.8, 4) is 0 Å². The molecule has 0 aliphatic rings. The van der Waals surface area contributed by atoms with Crippen molar-refractivity contribution < 1.29 is 9.53 Å². The Morgan fingerprint density at radius 3 is 2.43 bits per heavy atom. The summed E-state index contributed by atoms with van der Waals surface area (Å²) in [6.45, 7) is 2.19. The zero-order valence-electron chi connectivity index (χ0n) is 8.76. The van der Waals surface area contributed by atoms with Crippen molar-refractivity contribution in [3.05, 3.63) is 0 Å². The molecule has 0 heterocycles. The number of hydrogen-bond acceptors (Lipinski definition) is 2. The van der Waals surface area contributed by atoms with Gasteiger partial charge in [0.25, 0.3) is 0 Å². The molecule has 0 spiro atoms. The molecule has 0 rings (SSSR count). The highest BCUT2D eigenvalue weighted by molar-refractivity contribution is 9.12. The molecule has 0 aromatic heterocycles. The predicted octanol–water partition coefficient (Wildman–Crippen LogP) is 3.66. The van der Waals surface area contributed by atoms with E-state index >= 15 is 0 Å². The minimum absolute atomic E-state index is 0.173. The Hall–Kier alpha value is 0.430. The Labute approximate surface area is 103 Å². The van der Waals surface area contributed by atoms with E-state index in [0.717, 1.165) is 12.8 Å². The molecule has 0 aromatic rings. The van der Waals surface area contributed by atoms with E-state index in [9.17, 15) is 4.79 Å². The third-order valence-corrected chi connectivity index (χ3v) is 4.79. The quantitative estimate of drug-likeness (QED) is 0.405. The van der Waals surface area contributed by atoms with Crippen molar-refractivity contribution in [3.63, 3.8) is 0 Å². The van der Waals surface area contributed by atoms with Crippen LogP contribution in [0.4, 0.5) is 0 Å². The summed E-state index contributed by atoms with van der Waals surface area (Å²) in [5.74, 6) is -0.206. The first kappa shape index (κ1) is 14.4. The van der Waals surface area contributed by atoms with E-state index in [4.69, 9.17) is 0 Å².